The zero-order valence-corrected chi connectivity index (χ0v) is 19.1. The van der Waals surface area contributed by atoms with Crippen molar-refractivity contribution in [3.63, 3.8) is 0 Å². The van der Waals surface area contributed by atoms with Crippen LogP contribution in [-0.2, 0) is 31.3 Å². The highest BCUT2D eigenvalue weighted by Crippen LogP contribution is 2.54. The summed E-state index contributed by atoms with van der Waals surface area (Å²) in [4.78, 5) is 53.4. The second kappa shape index (κ2) is 8.11. The maximum Gasteiger partial charge on any atom is 0.250 e. The Morgan fingerprint density at radius 2 is 1.88 bits per heavy atom. The van der Waals surface area contributed by atoms with E-state index >= 15 is 0 Å². The Kier molecular flexibility index (Phi) is 5.33. The summed E-state index contributed by atoms with van der Waals surface area (Å²) in [7, 11) is 1.55. The highest BCUT2D eigenvalue weighted by Gasteiger charge is 2.70. The number of nitrogens with two attached hydrogens (primary N) is 1. The minimum atomic E-state index is -1.46. The third kappa shape index (κ3) is 3.26. The molecule has 9 nitrogen and oxygen atoms in total. The quantitative estimate of drug-likeness (QED) is 0.535. The third-order valence-corrected chi connectivity index (χ3v) is 7.20. The molecule has 5 rings (SSSR count). The topological polar surface area (TPSA) is 131 Å². The molecule has 4 atom stereocenters. The molecular formula is C24H23ClN4O5. The monoisotopic (exact) mass is 482 g/mol. The van der Waals surface area contributed by atoms with E-state index in [0.717, 1.165) is 5.56 Å². The third-order valence-electron chi connectivity index (χ3n) is 6.97. The molecule has 34 heavy (non-hydrogen) atoms. The number of imide groups is 1. The van der Waals surface area contributed by atoms with Crippen LogP contribution in [0.15, 0.2) is 42.5 Å². The van der Waals surface area contributed by atoms with E-state index in [2.05, 4.69) is 10.6 Å². The van der Waals surface area contributed by atoms with Crippen LogP contribution in [0.25, 0.3) is 0 Å². The first-order chi connectivity index (χ1) is 16.3. The molecule has 4 amide bonds. The zero-order valence-electron chi connectivity index (χ0n) is 18.3. The van der Waals surface area contributed by atoms with E-state index in [1.807, 2.05) is 0 Å². The molecule has 3 aliphatic rings. The summed E-state index contributed by atoms with van der Waals surface area (Å²) in [6.07, 6.45) is 0.234. The number of amides is 4. The molecular weight excluding hydrogens is 460 g/mol. The molecule has 1 spiro atoms. The summed E-state index contributed by atoms with van der Waals surface area (Å²) in [5.74, 6) is -2.91. The number of carbonyl (C=O) groups is 4. The Morgan fingerprint density at radius 1 is 1.15 bits per heavy atom. The van der Waals surface area contributed by atoms with Crippen molar-refractivity contribution in [1.82, 2.24) is 10.2 Å². The highest BCUT2D eigenvalue weighted by molar-refractivity contribution is 6.31. The number of nitrogens with zero attached hydrogens (tertiary/aromatic N) is 1. The molecule has 0 aromatic heterocycles. The molecule has 0 bridgehead atoms. The lowest BCUT2D eigenvalue weighted by molar-refractivity contribution is -0.143. The highest BCUT2D eigenvalue weighted by atomic mass is 35.5. The van der Waals surface area contributed by atoms with Gasteiger partial charge in [-0.3, -0.25) is 29.4 Å². The van der Waals surface area contributed by atoms with Crippen molar-refractivity contribution in [1.29, 1.82) is 0 Å². The van der Waals surface area contributed by atoms with Gasteiger partial charge >= 0.3 is 0 Å². The minimum absolute atomic E-state index is 0.0148. The van der Waals surface area contributed by atoms with Crippen LogP contribution in [0.4, 0.5) is 5.69 Å². The minimum Gasteiger partial charge on any atom is -0.497 e. The zero-order chi connectivity index (χ0) is 24.2. The largest absolute Gasteiger partial charge is 0.497 e. The number of anilines is 1. The SMILES string of the molecule is COc1ccc(CN2C(=O)[C@H]3[C@@H](CCC(N)=O)N[C@]4(C(=O)Nc5ccc(Cl)cc54)[C@H]3C2=O)cc1. The van der Waals surface area contributed by atoms with Crippen LogP contribution in [0.5, 0.6) is 5.75 Å². The number of benzene rings is 2. The van der Waals surface area contributed by atoms with Gasteiger partial charge in [0.25, 0.3) is 0 Å². The summed E-state index contributed by atoms with van der Waals surface area (Å²) in [6.45, 7) is 0.0668. The maximum absolute atomic E-state index is 13.7. The van der Waals surface area contributed by atoms with Crippen molar-refractivity contribution in [3.05, 3.63) is 58.6 Å². The molecule has 0 aliphatic carbocycles. The molecule has 4 N–H and O–H groups in total. The van der Waals surface area contributed by atoms with Crippen molar-refractivity contribution in [2.45, 2.75) is 31.0 Å². The first-order valence-electron chi connectivity index (χ1n) is 10.9. The number of halogens is 1. The van der Waals surface area contributed by atoms with Crippen molar-refractivity contribution in [2.75, 3.05) is 12.4 Å². The summed E-state index contributed by atoms with van der Waals surface area (Å²) < 4.78 is 5.17. The van der Waals surface area contributed by atoms with Crippen LogP contribution in [-0.4, -0.2) is 41.7 Å². The van der Waals surface area contributed by atoms with Gasteiger partial charge in [0.2, 0.25) is 23.6 Å². The predicted octanol–water partition coefficient (Wildman–Crippen LogP) is 1.53. The van der Waals surface area contributed by atoms with E-state index in [1.54, 1.807) is 49.6 Å². The van der Waals surface area contributed by atoms with E-state index in [1.165, 1.54) is 4.90 Å². The molecule has 3 aliphatic heterocycles. The van der Waals surface area contributed by atoms with E-state index < -0.39 is 41.1 Å². The summed E-state index contributed by atoms with van der Waals surface area (Å²) >= 11 is 6.24. The van der Waals surface area contributed by atoms with Crippen LogP contribution in [0.3, 0.4) is 0 Å². The summed E-state index contributed by atoms with van der Waals surface area (Å²) in [5, 5.41) is 6.48. The molecule has 2 aromatic rings. The van der Waals surface area contributed by atoms with E-state index in [0.29, 0.717) is 22.0 Å². The number of rotatable bonds is 6. The number of ether oxygens (including phenoxy) is 1. The standard InChI is InChI=1S/C24H23ClN4O5/c1-34-14-5-2-12(3-6-14)11-29-21(31)19-17(8-9-18(26)30)28-24(20(19)22(29)32)15-10-13(25)4-7-16(15)27-23(24)33/h2-7,10,17,19-20,28H,8-9,11H2,1H3,(H2,26,30)(H,27,33)/t17-,19+,20-,24+/m1/s1. The van der Waals surface area contributed by atoms with Crippen molar-refractivity contribution in [2.24, 2.45) is 17.6 Å². The van der Waals surface area contributed by atoms with Crippen molar-refractivity contribution >= 4 is 40.9 Å². The predicted molar refractivity (Wildman–Crippen MR) is 123 cm³/mol. The van der Waals surface area contributed by atoms with E-state index in [-0.39, 0.29) is 25.3 Å². The Morgan fingerprint density at radius 3 is 2.56 bits per heavy atom. The molecule has 0 radical (unpaired) electrons. The number of carbonyl (C=O) groups excluding carboxylic acids is 4. The normalized spacial score (nSPS) is 27.2. The smallest absolute Gasteiger partial charge is 0.250 e. The van der Waals surface area contributed by atoms with Crippen LogP contribution >= 0.6 is 11.6 Å². The second-order valence-electron chi connectivity index (χ2n) is 8.82. The van der Waals surface area contributed by atoms with Crippen molar-refractivity contribution in [3.8, 4) is 5.75 Å². The van der Waals surface area contributed by atoms with Crippen LogP contribution < -0.4 is 21.1 Å². The first kappa shape index (κ1) is 22.4. The molecule has 10 heteroatoms. The number of nitrogens with one attached hydrogen (secondary N) is 2. The van der Waals surface area contributed by atoms with Gasteiger partial charge < -0.3 is 15.8 Å². The summed E-state index contributed by atoms with van der Waals surface area (Å²) in [6, 6.07) is 11.4. The number of methoxy groups -OCH3 is 1. The number of hydrogen-bond acceptors (Lipinski definition) is 6. The molecule has 0 unspecified atom stereocenters. The van der Waals surface area contributed by atoms with Crippen LogP contribution in [0, 0.1) is 11.8 Å². The lowest BCUT2D eigenvalue weighted by Gasteiger charge is -2.29. The Labute approximate surface area is 200 Å². The number of likely N-dealkylation sites (tertiary alicyclic amines) is 1. The van der Waals surface area contributed by atoms with Gasteiger partial charge in [0.1, 0.15) is 11.3 Å². The van der Waals surface area contributed by atoms with Gasteiger partial charge in [-0.2, -0.15) is 0 Å². The molecule has 2 aromatic carbocycles. The molecule has 2 fully saturated rings. The molecule has 3 heterocycles. The second-order valence-corrected chi connectivity index (χ2v) is 9.26. The fraction of sp³-hybridized carbons (Fsp3) is 0.333. The van der Waals surface area contributed by atoms with Crippen LogP contribution in [0.2, 0.25) is 5.02 Å². The Balaban J connectivity index is 1.56. The van der Waals surface area contributed by atoms with Crippen LogP contribution in [0.1, 0.15) is 24.0 Å². The lowest BCUT2D eigenvalue weighted by atomic mass is 9.76. The number of hydrogen-bond donors (Lipinski definition) is 3. The first-order valence-corrected chi connectivity index (χ1v) is 11.3. The molecule has 2 saturated heterocycles. The fourth-order valence-corrected chi connectivity index (χ4v) is 5.62. The van der Waals surface area contributed by atoms with Gasteiger partial charge in [0, 0.05) is 28.7 Å². The number of fused-ring (bicyclic) bond motifs is 4. The fourth-order valence-electron chi connectivity index (χ4n) is 5.45. The Bertz CT molecular complexity index is 1220. The van der Waals surface area contributed by atoms with Gasteiger partial charge in [-0.05, 0) is 42.3 Å². The van der Waals surface area contributed by atoms with Crippen molar-refractivity contribution < 1.29 is 23.9 Å². The molecule has 0 saturated carbocycles. The van der Waals surface area contributed by atoms with Gasteiger partial charge in [0.05, 0.1) is 25.5 Å². The average Bonchev–Trinajstić information content (AvgIpc) is 3.39. The Hall–Kier alpha value is -3.43. The van der Waals surface area contributed by atoms with Gasteiger partial charge in [0.15, 0.2) is 0 Å². The lowest BCUT2D eigenvalue weighted by Crippen LogP contribution is -2.53. The average molecular weight is 483 g/mol. The van der Waals surface area contributed by atoms with Gasteiger partial charge in [-0.1, -0.05) is 23.7 Å². The van der Waals surface area contributed by atoms with E-state index in [9.17, 15) is 19.2 Å². The van der Waals surface area contributed by atoms with Gasteiger partial charge in [-0.15, -0.1) is 0 Å². The number of primary amides is 1. The molecule has 176 valence electrons. The van der Waals surface area contributed by atoms with Gasteiger partial charge in [-0.25, -0.2) is 0 Å². The maximum atomic E-state index is 13.7. The van der Waals surface area contributed by atoms with E-state index in [4.69, 9.17) is 22.1 Å². The summed E-state index contributed by atoms with van der Waals surface area (Å²) in [5.41, 5.74) is 5.69.